The molecule has 0 saturated heterocycles. The molecule has 0 fully saturated rings. The predicted octanol–water partition coefficient (Wildman–Crippen LogP) is 4.69. The van der Waals surface area contributed by atoms with E-state index < -0.39 is 30.1 Å². The lowest BCUT2D eigenvalue weighted by Gasteiger charge is -2.14. The van der Waals surface area contributed by atoms with Crippen molar-refractivity contribution < 1.29 is 24.5 Å². The summed E-state index contributed by atoms with van der Waals surface area (Å²) < 4.78 is 13.8. The highest BCUT2D eigenvalue weighted by Crippen LogP contribution is 2.33. The summed E-state index contributed by atoms with van der Waals surface area (Å²) in [5.74, 6) is -1.70. The topological polar surface area (TPSA) is 106 Å². The van der Waals surface area contributed by atoms with Crippen LogP contribution in [0, 0.1) is 5.82 Å². The molecule has 1 unspecified atom stereocenters. The van der Waals surface area contributed by atoms with Crippen molar-refractivity contribution in [2.75, 3.05) is 6.61 Å². The Morgan fingerprint density at radius 2 is 1.84 bits per heavy atom. The van der Waals surface area contributed by atoms with E-state index >= 15 is 0 Å². The van der Waals surface area contributed by atoms with Gasteiger partial charge in [0.25, 0.3) is 0 Å². The van der Waals surface area contributed by atoms with Crippen LogP contribution in [0.25, 0.3) is 22.4 Å². The number of carbonyl (C=O) groups is 1. The number of benzene rings is 3. The number of Topliss-reactive ketones (excluding diaryl/α,β-unsaturated/α-hetero) is 1. The number of allylic oxidation sites excluding steroid dienone is 1. The molecular weight excluding hydrogens is 435 g/mol. The smallest absolute Gasteiger partial charge is 0.202 e. The molecule has 0 spiro atoms. The monoisotopic (exact) mass is 452 g/mol. The minimum atomic E-state index is -1.29. The predicted molar refractivity (Wildman–Crippen MR) is 120 cm³/mol. The zero-order chi connectivity index (χ0) is 22.8. The van der Waals surface area contributed by atoms with E-state index in [9.17, 15) is 24.5 Å². The number of aliphatic hydroxyl groups excluding tert-OH is 3. The van der Waals surface area contributed by atoms with Gasteiger partial charge in [-0.15, -0.1) is 0 Å². The van der Waals surface area contributed by atoms with Crippen molar-refractivity contribution in [3.63, 3.8) is 0 Å². The van der Waals surface area contributed by atoms with E-state index in [4.69, 9.17) is 11.6 Å². The number of imidazole rings is 1. The SMILES string of the molecule is O=C(/C(=C(\O)c1cccc(F)c1)c1nc2ccccc2[nH]1)c1cccc(C(O)CO)c1Cl. The number of rotatable bonds is 6. The van der Waals surface area contributed by atoms with E-state index in [0.717, 1.165) is 6.07 Å². The number of aromatic amines is 1. The van der Waals surface area contributed by atoms with E-state index in [1.54, 1.807) is 24.3 Å². The van der Waals surface area contributed by atoms with E-state index in [1.807, 2.05) is 0 Å². The lowest BCUT2D eigenvalue weighted by atomic mass is 9.96. The fraction of sp³-hybridized carbons (Fsp3) is 0.0833. The number of nitrogens with zero attached hydrogens (tertiary/aromatic N) is 1. The second-order valence-electron chi connectivity index (χ2n) is 7.07. The fourth-order valence-corrected chi connectivity index (χ4v) is 3.73. The third-order valence-corrected chi connectivity index (χ3v) is 5.42. The van der Waals surface area contributed by atoms with Crippen molar-refractivity contribution in [1.29, 1.82) is 0 Å². The molecule has 1 aromatic heterocycles. The molecule has 4 aromatic rings. The number of aliphatic hydroxyl groups is 3. The third kappa shape index (κ3) is 4.01. The second kappa shape index (κ2) is 8.92. The van der Waals surface area contributed by atoms with Crippen LogP contribution >= 0.6 is 11.6 Å². The van der Waals surface area contributed by atoms with Crippen molar-refractivity contribution >= 4 is 39.7 Å². The molecule has 0 aliphatic carbocycles. The number of ketones is 1. The van der Waals surface area contributed by atoms with Gasteiger partial charge in [0, 0.05) is 16.7 Å². The normalized spacial score (nSPS) is 13.1. The van der Waals surface area contributed by atoms with Crippen LogP contribution in [0.3, 0.4) is 0 Å². The lowest BCUT2D eigenvalue weighted by molar-refractivity contribution is 0.0954. The zero-order valence-corrected chi connectivity index (χ0v) is 17.3. The van der Waals surface area contributed by atoms with Crippen LogP contribution in [0.5, 0.6) is 0 Å². The molecule has 3 aromatic carbocycles. The molecule has 8 heteroatoms. The Balaban J connectivity index is 1.94. The molecule has 0 aliphatic rings. The maximum absolute atomic E-state index is 13.8. The van der Waals surface area contributed by atoms with Crippen molar-refractivity contribution in [1.82, 2.24) is 9.97 Å². The Labute approximate surface area is 187 Å². The molecule has 0 saturated carbocycles. The van der Waals surface area contributed by atoms with Crippen LogP contribution in [0.2, 0.25) is 5.02 Å². The molecule has 4 rings (SSSR count). The van der Waals surface area contributed by atoms with Gasteiger partial charge in [0.15, 0.2) is 0 Å². The minimum absolute atomic E-state index is 0.0184. The van der Waals surface area contributed by atoms with E-state index in [2.05, 4.69) is 9.97 Å². The van der Waals surface area contributed by atoms with Crippen LogP contribution in [-0.4, -0.2) is 37.7 Å². The number of aromatic nitrogens is 2. The number of hydrogen-bond donors (Lipinski definition) is 4. The molecule has 6 nitrogen and oxygen atoms in total. The summed E-state index contributed by atoms with van der Waals surface area (Å²) in [4.78, 5) is 21.0. The highest BCUT2D eigenvalue weighted by atomic mass is 35.5. The maximum Gasteiger partial charge on any atom is 0.202 e. The van der Waals surface area contributed by atoms with Gasteiger partial charge < -0.3 is 20.3 Å². The van der Waals surface area contributed by atoms with Crippen LogP contribution in [-0.2, 0) is 0 Å². The molecular formula is C24H18ClFN2O4. The molecule has 1 heterocycles. The molecule has 4 N–H and O–H groups in total. The number of H-pyrrole nitrogens is 1. The maximum atomic E-state index is 13.8. The number of fused-ring (bicyclic) bond motifs is 1. The van der Waals surface area contributed by atoms with Crippen LogP contribution in [0.15, 0.2) is 66.7 Å². The van der Waals surface area contributed by atoms with Gasteiger partial charge in [0.1, 0.15) is 29.1 Å². The van der Waals surface area contributed by atoms with Crippen molar-refractivity contribution in [3.05, 3.63) is 100 Å². The standard InChI is InChI=1S/C24H18ClFN2O4/c25-21-15(19(30)12-29)7-4-8-16(21)23(32)20(22(31)13-5-3-6-14(26)11-13)24-27-17-9-1-2-10-18(17)28-24/h1-11,19,29-31H,12H2,(H,27,28)/b22-20+. The van der Waals surface area contributed by atoms with Gasteiger partial charge in [-0.1, -0.05) is 48.0 Å². The van der Waals surface area contributed by atoms with E-state index in [-0.39, 0.29) is 33.1 Å². The first kappa shape index (κ1) is 21.7. The first-order valence-corrected chi connectivity index (χ1v) is 10.0. The van der Waals surface area contributed by atoms with Crippen LogP contribution < -0.4 is 0 Å². The average molecular weight is 453 g/mol. The van der Waals surface area contributed by atoms with Gasteiger partial charge in [-0.2, -0.15) is 0 Å². The lowest BCUT2D eigenvalue weighted by Crippen LogP contribution is -2.11. The number of para-hydroxylation sites is 2. The Kier molecular flexibility index (Phi) is 6.05. The van der Waals surface area contributed by atoms with Crippen LogP contribution in [0.4, 0.5) is 4.39 Å². The van der Waals surface area contributed by atoms with Gasteiger partial charge in [0.05, 0.1) is 22.7 Å². The number of halogens is 2. The fourth-order valence-electron chi connectivity index (χ4n) is 3.39. The molecule has 32 heavy (non-hydrogen) atoms. The van der Waals surface area contributed by atoms with Crippen LogP contribution in [0.1, 0.15) is 33.4 Å². The summed E-state index contributed by atoms with van der Waals surface area (Å²) in [5.41, 5.74) is 1.20. The number of hydrogen-bond acceptors (Lipinski definition) is 5. The minimum Gasteiger partial charge on any atom is -0.506 e. The van der Waals surface area contributed by atoms with Gasteiger partial charge in [-0.25, -0.2) is 9.37 Å². The Hall–Kier alpha value is -3.52. The van der Waals surface area contributed by atoms with Gasteiger partial charge >= 0.3 is 0 Å². The largest absolute Gasteiger partial charge is 0.506 e. The molecule has 0 bridgehead atoms. The highest BCUT2D eigenvalue weighted by Gasteiger charge is 2.27. The Morgan fingerprint density at radius 1 is 1.09 bits per heavy atom. The Morgan fingerprint density at radius 3 is 2.56 bits per heavy atom. The highest BCUT2D eigenvalue weighted by molar-refractivity contribution is 6.41. The Bertz CT molecular complexity index is 1320. The molecule has 0 aliphatic heterocycles. The molecule has 0 amide bonds. The zero-order valence-electron chi connectivity index (χ0n) is 16.6. The first-order chi connectivity index (χ1) is 15.4. The summed E-state index contributed by atoms with van der Waals surface area (Å²) in [6.07, 6.45) is -1.29. The van der Waals surface area contributed by atoms with Crippen molar-refractivity contribution in [3.8, 4) is 0 Å². The molecule has 0 radical (unpaired) electrons. The van der Waals surface area contributed by atoms with Gasteiger partial charge in [-0.3, -0.25) is 4.79 Å². The van der Waals surface area contributed by atoms with Gasteiger partial charge in [-0.05, 0) is 30.3 Å². The average Bonchev–Trinajstić information content (AvgIpc) is 3.22. The van der Waals surface area contributed by atoms with Crippen molar-refractivity contribution in [2.24, 2.45) is 0 Å². The summed E-state index contributed by atoms with van der Waals surface area (Å²) >= 11 is 6.38. The van der Waals surface area contributed by atoms with Crippen molar-refractivity contribution in [2.45, 2.75) is 6.10 Å². The molecule has 1 atom stereocenters. The van der Waals surface area contributed by atoms with Gasteiger partial charge in [0.2, 0.25) is 5.78 Å². The number of nitrogens with one attached hydrogen (secondary N) is 1. The second-order valence-corrected chi connectivity index (χ2v) is 7.45. The first-order valence-electron chi connectivity index (χ1n) is 9.67. The van der Waals surface area contributed by atoms with E-state index in [1.165, 1.54) is 36.4 Å². The third-order valence-electron chi connectivity index (χ3n) is 4.99. The summed E-state index contributed by atoms with van der Waals surface area (Å²) in [7, 11) is 0. The summed E-state index contributed by atoms with van der Waals surface area (Å²) in [5, 5.41) is 30.3. The quantitative estimate of drug-likeness (QED) is 0.193. The number of carbonyl (C=O) groups excluding carboxylic acids is 1. The summed E-state index contributed by atoms with van der Waals surface area (Å²) in [6, 6.07) is 16.7. The van der Waals surface area contributed by atoms with E-state index in [0.29, 0.717) is 11.0 Å². The summed E-state index contributed by atoms with van der Waals surface area (Å²) in [6.45, 7) is -0.585. The molecule has 162 valence electrons.